The number of nitrogens with zero attached hydrogens (tertiary/aromatic N) is 2. The minimum absolute atomic E-state index is 1.17. The molecule has 2 nitrogen and oxygen atoms in total. The van der Waals surface area contributed by atoms with Crippen LogP contribution in [0, 0.1) is 0 Å². The third kappa shape index (κ3) is 3.33. The van der Waals surface area contributed by atoms with E-state index in [1.54, 1.807) is 0 Å². The van der Waals surface area contributed by atoms with Gasteiger partial charge in [-0.3, -0.25) is 0 Å². The molecule has 2 heteroatoms. The van der Waals surface area contributed by atoms with Gasteiger partial charge in [-0.05, 0) is 70.4 Å². The van der Waals surface area contributed by atoms with Gasteiger partial charge in [-0.15, -0.1) is 0 Å². The molecule has 0 unspecified atom stereocenters. The molecule has 0 N–H and O–H groups in total. The van der Waals surface area contributed by atoms with E-state index in [9.17, 15) is 0 Å². The SMILES string of the molecule is c1ccc(-n2ccc3cc(-c4ccc5c(c4)c4ccccc4n5-c4cccc5ccccc45)c4ccccc4c32)cc1. The Hall–Kier alpha value is -5.60. The molecular formula is C40H26N2. The zero-order valence-corrected chi connectivity index (χ0v) is 22.9. The molecule has 0 bridgehead atoms. The van der Waals surface area contributed by atoms with Crippen molar-refractivity contribution in [2.45, 2.75) is 0 Å². The van der Waals surface area contributed by atoms with Gasteiger partial charge in [0.25, 0.3) is 0 Å². The highest BCUT2D eigenvalue weighted by Crippen LogP contribution is 2.40. The molecule has 2 aromatic heterocycles. The predicted octanol–water partition coefficient (Wildman–Crippen LogP) is 10.7. The molecular weight excluding hydrogens is 508 g/mol. The highest BCUT2D eigenvalue weighted by Gasteiger charge is 2.17. The summed E-state index contributed by atoms with van der Waals surface area (Å²) in [5.74, 6) is 0. The van der Waals surface area contributed by atoms with Crippen LogP contribution in [0.5, 0.6) is 0 Å². The second-order valence-corrected chi connectivity index (χ2v) is 11.0. The average Bonchev–Trinajstić information content (AvgIpc) is 3.64. The highest BCUT2D eigenvalue weighted by atomic mass is 15.0. The van der Waals surface area contributed by atoms with Crippen LogP contribution in [0.4, 0.5) is 0 Å². The summed E-state index contributed by atoms with van der Waals surface area (Å²) in [7, 11) is 0. The van der Waals surface area contributed by atoms with Gasteiger partial charge in [0.1, 0.15) is 0 Å². The first kappa shape index (κ1) is 23.1. The second-order valence-electron chi connectivity index (χ2n) is 11.0. The van der Waals surface area contributed by atoms with Crippen LogP contribution >= 0.6 is 0 Å². The molecule has 9 rings (SSSR count). The first-order valence-corrected chi connectivity index (χ1v) is 14.5. The van der Waals surface area contributed by atoms with Gasteiger partial charge in [0, 0.05) is 38.8 Å². The standard InChI is InChI=1S/C40H26N2/c1-2-13-30(14-3-1)41-24-23-29-26-35(32-16-6-7-18-34(32)40(29)41)28-21-22-39-36(25-28)33-17-8-9-19-38(33)42(39)37-20-10-12-27-11-4-5-15-31(27)37/h1-26H. The molecule has 0 saturated carbocycles. The number of hydrogen-bond donors (Lipinski definition) is 0. The average molecular weight is 535 g/mol. The number of benzene rings is 7. The minimum atomic E-state index is 1.17. The third-order valence-corrected chi connectivity index (χ3v) is 8.72. The summed E-state index contributed by atoms with van der Waals surface area (Å²) in [5.41, 5.74) is 8.56. The Morgan fingerprint density at radius 2 is 1.10 bits per heavy atom. The maximum atomic E-state index is 2.43. The van der Waals surface area contributed by atoms with Crippen LogP contribution in [0.15, 0.2) is 158 Å². The van der Waals surface area contributed by atoms with E-state index >= 15 is 0 Å². The van der Waals surface area contributed by atoms with Crippen LogP contribution in [-0.2, 0) is 0 Å². The van der Waals surface area contributed by atoms with Crippen LogP contribution < -0.4 is 0 Å². The van der Waals surface area contributed by atoms with Crippen molar-refractivity contribution in [1.82, 2.24) is 9.13 Å². The number of rotatable bonds is 3. The number of fused-ring (bicyclic) bond motifs is 7. The van der Waals surface area contributed by atoms with Gasteiger partial charge in [0.2, 0.25) is 0 Å². The zero-order valence-electron chi connectivity index (χ0n) is 22.9. The first-order valence-electron chi connectivity index (χ1n) is 14.5. The van der Waals surface area contributed by atoms with Gasteiger partial charge in [-0.25, -0.2) is 0 Å². The van der Waals surface area contributed by atoms with E-state index < -0.39 is 0 Å². The molecule has 0 atom stereocenters. The van der Waals surface area contributed by atoms with E-state index in [1.807, 2.05) is 0 Å². The molecule has 7 aromatic carbocycles. The summed E-state index contributed by atoms with van der Waals surface area (Å²) in [6, 6.07) is 55.0. The lowest BCUT2D eigenvalue weighted by molar-refractivity contribution is 1.13. The van der Waals surface area contributed by atoms with Gasteiger partial charge in [-0.2, -0.15) is 0 Å². The molecule has 0 aliphatic carbocycles. The van der Waals surface area contributed by atoms with E-state index in [4.69, 9.17) is 0 Å². The fourth-order valence-electron chi connectivity index (χ4n) is 6.85. The largest absolute Gasteiger partial charge is 0.316 e. The normalized spacial score (nSPS) is 11.8. The van der Waals surface area contributed by atoms with Crippen LogP contribution in [0.3, 0.4) is 0 Å². The monoisotopic (exact) mass is 534 g/mol. The number of hydrogen-bond acceptors (Lipinski definition) is 0. The van der Waals surface area contributed by atoms with Crippen LogP contribution in [0.25, 0.3) is 76.8 Å². The van der Waals surface area contributed by atoms with Gasteiger partial charge in [-0.1, -0.05) is 103 Å². The van der Waals surface area contributed by atoms with Crippen molar-refractivity contribution in [2.75, 3.05) is 0 Å². The predicted molar refractivity (Wildman–Crippen MR) is 178 cm³/mol. The maximum Gasteiger partial charge on any atom is 0.0607 e. The molecule has 42 heavy (non-hydrogen) atoms. The summed E-state index contributed by atoms with van der Waals surface area (Å²) in [6.45, 7) is 0. The topological polar surface area (TPSA) is 9.86 Å². The molecule has 0 amide bonds. The van der Waals surface area contributed by atoms with Crippen molar-refractivity contribution in [3.8, 4) is 22.5 Å². The Kier molecular flexibility index (Phi) is 4.93. The molecule has 0 aliphatic rings. The Balaban J connectivity index is 1.32. The lowest BCUT2D eigenvalue weighted by Gasteiger charge is -2.13. The summed E-state index contributed by atoms with van der Waals surface area (Å²) in [6.07, 6.45) is 2.19. The van der Waals surface area contributed by atoms with Crippen molar-refractivity contribution in [3.63, 3.8) is 0 Å². The van der Waals surface area contributed by atoms with Crippen molar-refractivity contribution < 1.29 is 0 Å². The van der Waals surface area contributed by atoms with Crippen molar-refractivity contribution in [3.05, 3.63) is 158 Å². The smallest absolute Gasteiger partial charge is 0.0607 e. The summed E-state index contributed by atoms with van der Waals surface area (Å²) in [5, 5.41) is 8.80. The van der Waals surface area contributed by atoms with E-state index in [0.717, 1.165) is 0 Å². The molecule has 196 valence electrons. The molecule has 2 heterocycles. The molecule has 9 aromatic rings. The Labute approximate surface area is 243 Å². The number of para-hydroxylation sites is 2. The lowest BCUT2D eigenvalue weighted by atomic mass is 9.95. The Morgan fingerprint density at radius 1 is 0.405 bits per heavy atom. The molecule has 0 spiro atoms. The van der Waals surface area contributed by atoms with Crippen LogP contribution in [0.2, 0.25) is 0 Å². The second kappa shape index (κ2) is 8.95. The molecule has 0 radical (unpaired) electrons. The van der Waals surface area contributed by atoms with Crippen LogP contribution in [-0.4, -0.2) is 9.13 Å². The summed E-state index contributed by atoms with van der Waals surface area (Å²) < 4.78 is 4.74. The fourth-order valence-corrected chi connectivity index (χ4v) is 6.85. The quantitative estimate of drug-likeness (QED) is 0.213. The van der Waals surface area contributed by atoms with Gasteiger partial charge in [0.05, 0.1) is 22.2 Å². The molecule has 0 fully saturated rings. The van der Waals surface area contributed by atoms with Gasteiger partial charge < -0.3 is 9.13 Å². The molecule has 0 saturated heterocycles. The minimum Gasteiger partial charge on any atom is -0.316 e. The maximum absolute atomic E-state index is 2.43. The van der Waals surface area contributed by atoms with Crippen molar-refractivity contribution >= 4 is 54.3 Å². The Bertz CT molecular complexity index is 2450. The first-order chi connectivity index (χ1) is 20.8. The van der Waals surface area contributed by atoms with Gasteiger partial charge in [0.15, 0.2) is 0 Å². The summed E-state index contributed by atoms with van der Waals surface area (Å²) in [4.78, 5) is 0. The highest BCUT2D eigenvalue weighted by molar-refractivity contribution is 6.16. The summed E-state index contributed by atoms with van der Waals surface area (Å²) >= 11 is 0. The Morgan fingerprint density at radius 3 is 1.98 bits per heavy atom. The van der Waals surface area contributed by atoms with Gasteiger partial charge >= 0.3 is 0 Å². The van der Waals surface area contributed by atoms with Crippen molar-refractivity contribution in [2.24, 2.45) is 0 Å². The van der Waals surface area contributed by atoms with E-state index in [0.29, 0.717) is 0 Å². The van der Waals surface area contributed by atoms with E-state index in [1.165, 1.54) is 76.8 Å². The number of aromatic nitrogens is 2. The van der Waals surface area contributed by atoms with Crippen molar-refractivity contribution in [1.29, 1.82) is 0 Å². The zero-order chi connectivity index (χ0) is 27.6. The van der Waals surface area contributed by atoms with Crippen LogP contribution in [0.1, 0.15) is 0 Å². The van der Waals surface area contributed by atoms with E-state index in [-0.39, 0.29) is 0 Å². The molecule has 0 aliphatic heterocycles. The third-order valence-electron chi connectivity index (χ3n) is 8.72. The van der Waals surface area contributed by atoms with E-state index in [2.05, 4.69) is 167 Å². The lowest BCUT2D eigenvalue weighted by Crippen LogP contribution is -1.95. The fraction of sp³-hybridized carbons (Fsp3) is 0.